The summed E-state index contributed by atoms with van der Waals surface area (Å²) in [7, 11) is 3.01. The SMILES string of the molecule is CN=NNOC. The highest BCUT2D eigenvalue weighted by Crippen LogP contribution is 1.56. The van der Waals surface area contributed by atoms with Crippen molar-refractivity contribution in [1.29, 1.82) is 0 Å². The Hall–Kier alpha value is -0.640. The maximum absolute atomic E-state index is 4.27. The van der Waals surface area contributed by atoms with Crippen LogP contribution in [0.25, 0.3) is 0 Å². The van der Waals surface area contributed by atoms with E-state index in [1.54, 1.807) is 7.05 Å². The van der Waals surface area contributed by atoms with Crippen LogP contribution in [0.5, 0.6) is 0 Å². The molecule has 0 fully saturated rings. The topological polar surface area (TPSA) is 46.0 Å². The Kier molecular flexibility index (Phi) is 3.89. The molecular weight excluding hydrogens is 82.0 g/mol. The van der Waals surface area contributed by atoms with Gasteiger partial charge in [0.15, 0.2) is 0 Å². The van der Waals surface area contributed by atoms with Gasteiger partial charge in [-0.2, -0.15) is 10.7 Å². The standard InChI is InChI=1S/C2H7N3O/c1-3-4-5-6-2/h1-2H3,(H,3,5). The third-order valence-corrected chi connectivity index (χ3v) is 0.232. The van der Waals surface area contributed by atoms with Gasteiger partial charge < -0.3 is 0 Å². The molecule has 6 heavy (non-hydrogen) atoms. The number of hydrogen-bond donors (Lipinski definition) is 1. The van der Waals surface area contributed by atoms with Gasteiger partial charge in [-0.15, -0.1) is 0 Å². The molecule has 4 heteroatoms. The van der Waals surface area contributed by atoms with Crippen LogP contribution in [0.2, 0.25) is 0 Å². The number of nitrogens with zero attached hydrogens (tertiary/aromatic N) is 2. The fraction of sp³-hybridized carbons (Fsp3) is 1.00. The molecule has 0 rings (SSSR count). The van der Waals surface area contributed by atoms with E-state index in [1.807, 2.05) is 0 Å². The van der Waals surface area contributed by atoms with Crippen molar-refractivity contribution in [2.45, 2.75) is 0 Å². The smallest absolute Gasteiger partial charge is 0.0655 e. The van der Waals surface area contributed by atoms with Gasteiger partial charge in [0.1, 0.15) is 0 Å². The van der Waals surface area contributed by atoms with Gasteiger partial charge in [-0.25, -0.2) is 0 Å². The van der Waals surface area contributed by atoms with Gasteiger partial charge in [0.05, 0.1) is 14.2 Å². The lowest BCUT2D eigenvalue weighted by Crippen LogP contribution is -1.98. The second-order valence-corrected chi connectivity index (χ2v) is 0.595. The summed E-state index contributed by atoms with van der Waals surface area (Å²) < 4.78 is 0. The molecule has 0 aromatic heterocycles. The first-order valence-electron chi connectivity index (χ1n) is 1.48. The third kappa shape index (κ3) is 3.36. The summed E-state index contributed by atoms with van der Waals surface area (Å²) in [6.45, 7) is 0. The summed E-state index contributed by atoms with van der Waals surface area (Å²) in [5, 5.41) is 6.56. The van der Waals surface area contributed by atoms with Crippen LogP contribution in [0.3, 0.4) is 0 Å². The van der Waals surface area contributed by atoms with Crippen molar-refractivity contribution in [3.63, 3.8) is 0 Å². The zero-order valence-corrected chi connectivity index (χ0v) is 3.80. The molecule has 1 N–H and O–H groups in total. The molecule has 0 unspecified atom stereocenters. The van der Waals surface area contributed by atoms with Crippen LogP contribution in [0, 0.1) is 0 Å². The molecule has 0 saturated heterocycles. The van der Waals surface area contributed by atoms with Crippen LogP contribution < -0.4 is 5.59 Å². The van der Waals surface area contributed by atoms with Crippen LogP contribution in [-0.2, 0) is 4.84 Å². The third-order valence-electron chi connectivity index (χ3n) is 0.232. The first-order chi connectivity index (χ1) is 2.91. The van der Waals surface area contributed by atoms with Crippen molar-refractivity contribution in [1.82, 2.24) is 5.59 Å². The molecule has 36 valence electrons. The quantitative estimate of drug-likeness (QED) is 0.386. The Morgan fingerprint density at radius 2 is 2.33 bits per heavy atom. The number of nitrogens with one attached hydrogen (secondary N) is 1. The van der Waals surface area contributed by atoms with Gasteiger partial charge in [-0.3, -0.25) is 4.84 Å². The molecule has 0 bridgehead atoms. The molecule has 0 spiro atoms. The van der Waals surface area contributed by atoms with E-state index in [9.17, 15) is 0 Å². The average Bonchev–Trinajstić information content (AvgIpc) is 1.61. The Bertz CT molecular complexity index is 44.1. The van der Waals surface area contributed by atoms with Crippen molar-refractivity contribution in [3.8, 4) is 0 Å². The van der Waals surface area contributed by atoms with Crippen molar-refractivity contribution in [2.24, 2.45) is 10.3 Å². The zero-order chi connectivity index (χ0) is 4.83. The summed E-state index contributed by atoms with van der Waals surface area (Å²) in [6, 6.07) is 0. The van der Waals surface area contributed by atoms with Gasteiger partial charge in [-0.05, 0) is 0 Å². The lowest BCUT2D eigenvalue weighted by Gasteiger charge is -1.85. The highest BCUT2D eigenvalue weighted by atomic mass is 16.7. The average molecular weight is 89.1 g/mol. The van der Waals surface area contributed by atoms with Crippen LogP contribution in [0.1, 0.15) is 0 Å². The number of rotatable bonds is 2. The molecule has 0 radical (unpaired) electrons. The molecule has 0 aliphatic heterocycles. The minimum Gasteiger partial charge on any atom is -0.261 e. The maximum Gasteiger partial charge on any atom is 0.0655 e. The second kappa shape index (κ2) is 4.36. The van der Waals surface area contributed by atoms with Crippen molar-refractivity contribution in [3.05, 3.63) is 0 Å². The van der Waals surface area contributed by atoms with E-state index in [4.69, 9.17) is 0 Å². The summed E-state index contributed by atoms with van der Waals surface area (Å²) in [4.78, 5) is 4.27. The fourth-order valence-corrected chi connectivity index (χ4v) is 0.0816. The van der Waals surface area contributed by atoms with E-state index < -0.39 is 0 Å². The molecule has 0 aliphatic carbocycles. The van der Waals surface area contributed by atoms with E-state index >= 15 is 0 Å². The first kappa shape index (κ1) is 5.36. The van der Waals surface area contributed by atoms with Gasteiger partial charge in [0.25, 0.3) is 0 Å². The highest BCUT2D eigenvalue weighted by molar-refractivity contribution is 3.95. The second-order valence-electron chi connectivity index (χ2n) is 0.595. The van der Waals surface area contributed by atoms with E-state index in [-0.39, 0.29) is 0 Å². The van der Waals surface area contributed by atoms with Gasteiger partial charge in [0.2, 0.25) is 0 Å². The van der Waals surface area contributed by atoms with E-state index in [2.05, 4.69) is 20.8 Å². The Morgan fingerprint density at radius 3 is 2.50 bits per heavy atom. The highest BCUT2D eigenvalue weighted by Gasteiger charge is 1.57. The minimum atomic E-state index is 1.47. The molecule has 4 nitrogen and oxygen atoms in total. The Labute approximate surface area is 36.1 Å². The van der Waals surface area contributed by atoms with E-state index in [0.29, 0.717) is 0 Å². The minimum absolute atomic E-state index is 1.47. The lowest BCUT2D eigenvalue weighted by molar-refractivity contribution is 0.0879. The van der Waals surface area contributed by atoms with Crippen LogP contribution >= 0.6 is 0 Å². The molecule has 0 amide bonds. The van der Waals surface area contributed by atoms with Crippen LogP contribution in [0.15, 0.2) is 10.3 Å². The van der Waals surface area contributed by atoms with Crippen LogP contribution in [0.4, 0.5) is 0 Å². The lowest BCUT2D eigenvalue weighted by atomic mass is 11.6. The molecule has 0 saturated carbocycles. The summed E-state index contributed by atoms with van der Waals surface area (Å²) in [5.41, 5.74) is 2.16. The van der Waals surface area contributed by atoms with E-state index in [1.165, 1.54) is 7.11 Å². The molecule has 0 aliphatic rings. The van der Waals surface area contributed by atoms with Gasteiger partial charge in [-0.1, -0.05) is 5.22 Å². The Balaban J connectivity index is 2.66. The van der Waals surface area contributed by atoms with Crippen molar-refractivity contribution >= 4 is 0 Å². The van der Waals surface area contributed by atoms with Crippen molar-refractivity contribution in [2.75, 3.05) is 14.2 Å². The molecule has 0 heterocycles. The first-order valence-corrected chi connectivity index (χ1v) is 1.48. The largest absolute Gasteiger partial charge is 0.261 e. The predicted octanol–water partition coefficient (Wildman–Crippen LogP) is 0.134. The summed E-state index contributed by atoms with van der Waals surface area (Å²) >= 11 is 0. The summed E-state index contributed by atoms with van der Waals surface area (Å²) in [5.74, 6) is 0. The normalized spacial score (nSPS) is 9.67. The van der Waals surface area contributed by atoms with Crippen LogP contribution in [-0.4, -0.2) is 14.2 Å². The van der Waals surface area contributed by atoms with Gasteiger partial charge in [0, 0.05) is 0 Å². The molecule has 0 aromatic rings. The van der Waals surface area contributed by atoms with Gasteiger partial charge >= 0.3 is 0 Å². The molecule has 0 atom stereocenters. The fourth-order valence-electron chi connectivity index (χ4n) is 0.0816. The predicted molar refractivity (Wildman–Crippen MR) is 20.9 cm³/mol. The molecular formula is C2H7N3O. The summed E-state index contributed by atoms with van der Waals surface area (Å²) in [6.07, 6.45) is 0. The van der Waals surface area contributed by atoms with Crippen molar-refractivity contribution < 1.29 is 4.84 Å². The Morgan fingerprint density at radius 1 is 1.67 bits per heavy atom. The maximum atomic E-state index is 4.27. The monoisotopic (exact) mass is 89.1 g/mol. The number of hydrogen-bond acceptors (Lipinski definition) is 3. The zero-order valence-electron chi connectivity index (χ0n) is 3.80. The van der Waals surface area contributed by atoms with E-state index in [0.717, 1.165) is 0 Å². The molecule has 0 aromatic carbocycles.